The van der Waals surface area contributed by atoms with Crippen molar-refractivity contribution in [3.8, 4) is 11.1 Å². The van der Waals surface area contributed by atoms with Crippen LogP contribution in [-0.2, 0) is 11.2 Å². The van der Waals surface area contributed by atoms with Gasteiger partial charge in [-0.25, -0.2) is 0 Å². The van der Waals surface area contributed by atoms with E-state index in [4.69, 9.17) is 0 Å². The highest BCUT2D eigenvalue weighted by atomic mass is 16.2. The third kappa shape index (κ3) is 4.18. The Morgan fingerprint density at radius 1 is 0.900 bits per heavy atom. The first-order valence-electron chi connectivity index (χ1n) is 10.2. The Morgan fingerprint density at radius 3 is 2.30 bits per heavy atom. The molecule has 0 aliphatic rings. The van der Waals surface area contributed by atoms with Gasteiger partial charge >= 0.3 is 0 Å². The quantitative estimate of drug-likeness (QED) is 0.356. The van der Waals surface area contributed by atoms with Gasteiger partial charge < -0.3 is 9.72 Å². The van der Waals surface area contributed by atoms with E-state index < -0.39 is 11.7 Å². The minimum Gasteiger partial charge on any atom is -0.347 e. The SMILES string of the molecule is C[C@@H](CCc1ccccc1)NC(=O)C(=O)c1c(-c2ccccc2)cc2ccccn12. The zero-order valence-corrected chi connectivity index (χ0v) is 16.9. The van der Waals surface area contributed by atoms with Crippen LogP contribution in [0.15, 0.2) is 91.1 Å². The van der Waals surface area contributed by atoms with Crippen LogP contribution in [0, 0.1) is 0 Å². The van der Waals surface area contributed by atoms with E-state index in [0.717, 1.165) is 29.5 Å². The number of hydrogen-bond donors (Lipinski definition) is 1. The summed E-state index contributed by atoms with van der Waals surface area (Å²) in [6.45, 7) is 1.93. The lowest BCUT2D eigenvalue weighted by molar-refractivity contribution is -0.117. The van der Waals surface area contributed by atoms with Crippen LogP contribution in [0.4, 0.5) is 0 Å². The van der Waals surface area contributed by atoms with Gasteiger partial charge in [0.05, 0.1) is 0 Å². The highest BCUT2D eigenvalue weighted by molar-refractivity contribution is 6.43. The Kier molecular flexibility index (Phi) is 5.75. The molecular weight excluding hydrogens is 372 g/mol. The Balaban J connectivity index is 1.56. The van der Waals surface area contributed by atoms with E-state index >= 15 is 0 Å². The molecule has 2 aromatic heterocycles. The molecule has 0 aliphatic heterocycles. The maximum absolute atomic E-state index is 13.2. The first kappa shape index (κ1) is 19.6. The van der Waals surface area contributed by atoms with Crippen molar-refractivity contribution in [1.82, 2.24) is 9.72 Å². The van der Waals surface area contributed by atoms with Crippen LogP contribution in [0.3, 0.4) is 0 Å². The molecule has 1 amide bonds. The number of Topliss-reactive ketones (excluding diaryl/α,β-unsaturated/α-hetero) is 1. The van der Waals surface area contributed by atoms with Gasteiger partial charge in [-0.15, -0.1) is 0 Å². The van der Waals surface area contributed by atoms with Gasteiger partial charge in [-0.1, -0.05) is 66.7 Å². The molecule has 4 heteroatoms. The third-order valence-electron chi connectivity index (χ3n) is 5.27. The normalized spacial score (nSPS) is 11.9. The average molecular weight is 396 g/mol. The Bertz CT molecular complexity index is 1160. The summed E-state index contributed by atoms with van der Waals surface area (Å²) in [6.07, 6.45) is 3.43. The van der Waals surface area contributed by atoms with Gasteiger partial charge in [-0.2, -0.15) is 0 Å². The summed E-state index contributed by atoms with van der Waals surface area (Å²) in [5.74, 6) is -1.09. The van der Waals surface area contributed by atoms with Crippen molar-refractivity contribution in [3.05, 3.63) is 102 Å². The van der Waals surface area contributed by atoms with Crippen LogP contribution in [0.2, 0.25) is 0 Å². The highest BCUT2D eigenvalue weighted by Gasteiger charge is 2.25. The van der Waals surface area contributed by atoms with Crippen molar-refractivity contribution in [2.24, 2.45) is 0 Å². The van der Waals surface area contributed by atoms with Crippen LogP contribution in [0.5, 0.6) is 0 Å². The molecule has 4 rings (SSSR count). The van der Waals surface area contributed by atoms with E-state index in [1.807, 2.05) is 85.9 Å². The maximum atomic E-state index is 13.2. The van der Waals surface area contributed by atoms with Crippen molar-refractivity contribution in [3.63, 3.8) is 0 Å². The number of fused-ring (bicyclic) bond motifs is 1. The van der Waals surface area contributed by atoms with Crippen LogP contribution >= 0.6 is 0 Å². The van der Waals surface area contributed by atoms with Gasteiger partial charge in [-0.3, -0.25) is 9.59 Å². The van der Waals surface area contributed by atoms with Gasteiger partial charge in [0.2, 0.25) is 0 Å². The number of rotatable bonds is 7. The van der Waals surface area contributed by atoms with Crippen molar-refractivity contribution in [1.29, 1.82) is 0 Å². The fourth-order valence-electron chi connectivity index (χ4n) is 3.69. The van der Waals surface area contributed by atoms with E-state index in [1.54, 1.807) is 4.40 Å². The van der Waals surface area contributed by atoms with Crippen LogP contribution in [0.25, 0.3) is 16.6 Å². The van der Waals surface area contributed by atoms with Gasteiger partial charge in [-0.05, 0) is 49.1 Å². The van der Waals surface area contributed by atoms with Crippen molar-refractivity contribution >= 4 is 17.2 Å². The molecule has 4 nitrogen and oxygen atoms in total. The molecule has 0 fully saturated rings. The Labute approximate surface area is 176 Å². The van der Waals surface area contributed by atoms with Crippen molar-refractivity contribution < 1.29 is 9.59 Å². The number of pyridine rings is 1. The zero-order chi connectivity index (χ0) is 20.9. The number of aromatic nitrogens is 1. The number of carbonyl (C=O) groups excluding carboxylic acids is 2. The molecule has 0 aliphatic carbocycles. The third-order valence-corrected chi connectivity index (χ3v) is 5.27. The fraction of sp³-hybridized carbons (Fsp3) is 0.154. The lowest BCUT2D eigenvalue weighted by atomic mass is 10.0. The van der Waals surface area contributed by atoms with Gasteiger partial charge in [0, 0.05) is 23.3 Å². The predicted octanol–water partition coefficient (Wildman–Crippen LogP) is 4.93. The number of ketones is 1. The number of nitrogens with one attached hydrogen (secondary N) is 1. The molecule has 0 unspecified atom stereocenters. The number of benzene rings is 2. The van der Waals surface area contributed by atoms with E-state index in [1.165, 1.54) is 5.56 Å². The molecule has 0 spiro atoms. The molecule has 0 saturated heterocycles. The molecule has 1 N–H and O–H groups in total. The summed E-state index contributed by atoms with van der Waals surface area (Å²) in [5, 5.41) is 2.88. The lowest BCUT2D eigenvalue weighted by Crippen LogP contribution is -2.38. The lowest BCUT2D eigenvalue weighted by Gasteiger charge is -2.14. The minimum absolute atomic E-state index is 0.104. The molecule has 0 bridgehead atoms. The van der Waals surface area contributed by atoms with Gasteiger partial charge in [0.1, 0.15) is 5.69 Å². The monoisotopic (exact) mass is 396 g/mol. The molecular formula is C26H24N2O2. The highest BCUT2D eigenvalue weighted by Crippen LogP contribution is 2.28. The average Bonchev–Trinajstić information content (AvgIpc) is 3.18. The summed E-state index contributed by atoms with van der Waals surface area (Å²) in [5.41, 5.74) is 4.16. The van der Waals surface area contributed by atoms with Crippen LogP contribution in [0.1, 0.15) is 29.4 Å². The van der Waals surface area contributed by atoms with E-state index in [-0.39, 0.29) is 6.04 Å². The number of amides is 1. The number of hydrogen-bond acceptors (Lipinski definition) is 2. The largest absolute Gasteiger partial charge is 0.347 e. The molecule has 4 aromatic rings. The summed E-state index contributed by atoms with van der Waals surface area (Å²) in [7, 11) is 0. The first-order chi connectivity index (χ1) is 14.6. The molecule has 1 atom stereocenters. The van der Waals surface area contributed by atoms with E-state index in [2.05, 4.69) is 17.4 Å². The van der Waals surface area contributed by atoms with Gasteiger partial charge in [0.15, 0.2) is 0 Å². The number of aryl methyl sites for hydroxylation is 1. The zero-order valence-electron chi connectivity index (χ0n) is 16.9. The minimum atomic E-state index is -0.573. The summed E-state index contributed by atoms with van der Waals surface area (Å²) >= 11 is 0. The fourth-order valence-corrected chi connectivity index (χ4v) is 3.69. The second-order valence-electron chi connectivity index (χ2n) is 7.50. The molecule has 150 valence electrons. The first-order valence-corrected chi connectivity index (χ1v) is 10.2. The summed E-state index contributed by atoms with van der Waals surface area (Å²) < 4.78 is 1.79. The smallest absolute Gasteiger partial charge is 0.294 e. The Hall–Kier alpha value is -3.66. The summed E-state index contributed by atoms with van der Waals surface area (Å²) in [4.78, 5) is 26.0. The number of carbonyl (C=O) groups is 2. The van der Waals surface area contributed by atoms with E-state index in [0.29, 0.717) is 5.69 Å². The van der Waals surface area contributed by atoms with Crippen LogP contribution in [-0.4, -0.2) is 22.1 Å². The second kappa shape index (κ2) is 8.78. The Morgan fingerprint density at radius 2 is 1.57 bits per heavy atom. The topological polar surface area (TPSA) is 50.6 Å². The number of nitrogens with zero attached hydrogens (tertiary/aromatic N) is 1. The molecule has 0 radical (unpaired) electrons. The van der Waals surface area contributed by atoms with Crippen LogP contribution < -0.4 is 5.32 Å². The van der Waals surface area contributed by atoms with Gasteiger partial charge in [0.25, 0.3) is 11.7 Å². The van der Waals surface area contributed by atoms with Crippen molar-refractivity contribution in [2.75, 3.05) is 0 Å². The van der Waals surface area contributed by atoms with Crippen molar-refractivity contribution in [2.45, 2.75) is 25.8 Å². The summed E-state index contributed by atoms with van der Waals surface area (Å²) in [6, 6.07) is 27.4. The van der Waals surface area contributed by atoms with E-state index in [9.17, 15) is 9.59 Å². The second-order valence-corrected chi connectivity index (χ2v) is 7.50. The molecule has 0 saturated carbocycles. The maximum Gasteiger partial charge on any atom is 0.294 e. The standard InChI is InChI=1S/C26H24N2O2/c1-19(15-16-20-10-4-2-5-11-20)27-26(30)25(29)24-23(21-12-6-3-7-13-21)18-22-14-8-9-17-28(22)24/h2-14,17-19H,15-16H2,1H3,(H,27,30)/t19-/m0/s1. The predicted molar refractivity (Wildman–Crippen MR) is 120 cm³/mol. The molecule has 30 heavy (non-hydrogen) atoms. The molecule has 2 heterocycles. The molecule has 2 aromatic carbocycles.